The molecule has 0 aliphatic heterocycles. The highest BCUT2D eigenvalue weighted by atomic mass is 35.5. The van der Waals surface area contributed by atoms with Crippen LogP contribution in [0.4, 0.5) is 0 Å². The standard InChI is InChI=1S/C12H11Cl2NO.H3N.H3P/c1-4-12(2,3)15-11(16)8-5-9(13)7-10(14)6-8;;/h1,5-7H,2-3H3,(H,15,16);2*1H3. The Hall–Kier alpha value is -0.780. The van der Waals surface area contributed by atoms with Crippen molar-refractivity contribution < 1.29 is 4.79 Å². The van der Waals surface area contributed by atoms with Crippen LogP contribution in [0.15, 0.2) is 18.2 Å². The number of hydrogen-bond acceptors (Lipinski definition) is 2. The Bertz CT molecular complexity index is 449. The summed E-state index contributed by atoms with van der Waals surface area (Å²) < 4.78 is 0. The molecule has 100 valence electrons. The summed E-state index contributed by atoms with van der Waals surface area (Å²) in [7, 11) is 0. The summed E-state index contributed by atoms with van der Waals surface area (Å²) in [4.78, 5) is 11.8. The molecular weight excluding hydrogens is 290 g/mol. The molecule has 0 bridgehead atoms. The van der Waals surface area contributed by atoms with Gasteiger partial charge in [-0.1, -0.05) is 29.1 Å². The van der Waals surface area contributed by atoms with Gasteiger partial charge in [0.25, 0.3) is 5.91 Å². The van der Waals surface area contributed by atoms with E-state index >= 15 is 0 Å². The lowest BCUT2D eigenvalue weighted by Crippen LogP contribution is -2.42. The van der Waals surface area contributed by atoms with Crippen LogP contribution in [-0.2, 0) is 0 Å². The van der Waals surface area contributed by atoms with Gasteiger partial charge < -0.3 is 11.5 Å². The minimum atomic E-state index is -0.703. The van der Waals surface area contributed by atoms with E-state index in [1.807, 2.05) is 0 Å². The molecule has 18 heavy (non-hydrogen) atoms. The van der Waals surface area contributed by atoms with Gasteiger partial charge in [0.15, 0.2) is 0 Å². The molecule has 6 heteroatoms. The minimum absolute atomic E-state index is 0. The molecule has 3 nitrogen and oxygen atoms in total. The molecule has 1 atom stereocenters. The summed E-state index contributed by atoms with van der Waals surface area (Å²) in [5.41, 5.74) is -0.313. The van der Waals surface area contributed by atoms with Crippen molar-refractivity contribution in [3.05, 3.63) is 33.8 Å². The summed E-state index contributed by atoms with van der Waals surface area (Å²) in [5.74, 6) is 2.17. The van der Waals surface area contributed by atoms with E-state index in [-0.39, 0.29) is 22.0 Å². The Morgan fingerprint density at radius 1 is 1.28 bits per heavy atom. The molecule has 1 unspecified atom stereocenters. The van der Waals surface area contributed by atoms with E-state index in [9.17, 15) is 4.79 Å². The maximum atomic E-state index is 11.8. The molecular formula is C12H17Cl2N2OP. The van der Waals surface area contributed by atoms with Crippen molar-refractivity contribution in [2.24, 2.45) is 0 Å². The summed E-state index contributed by atoms with van der Waals surface area (Å²) in [6.07, 6.45) is 5.28. The molecule has 1 amide bonds. The molecule has 0 saturated heterocycles. The molecule has 0 spiro atoms. The van der Waals surface area contributed by atoms with Crippen molar-refractivity contribution in [1.82, 2.24) is 11.5 Å². The average Bonchev–Trinajstić information content (AvgIpc) is 2.15. The molecule has 0 radical (unpaired) electrons. The third-order valence-corrected chi connectivity index (χ3v) is 2.35. The van der Waals surface area contributed by atoms with E-state index in [1.54, 1.807) is 19.9 Å². The van der Waals surface area contributed by atoms with Crippen LogP contribution in [-0.4, -0.2) is 11.4 Å². The largest absolute Gasteiger partial charge is 0.344 e. The number of carbonyl (C=O) groups is 1. The highest BCUT2D eigenvalue weighted by molar-refractivity contribution is 6.92. The Labute approximate surface area is 121 Å². The van der Waals surface area contributed by atoms with E-state index < -0.39 is 5.54 Å². The van der Waals surface area contributed by atoms with Crippen molar-refractivity contribution in [3.8, 4) is 12.3 Å². The highest BCUT2D eigenvalue weighted by Gasteiger charge is 2.18. The maximum absolute atomic E-state index is 11.8. The van der Waals surface area contributed by atoms with Crippen LogP contribution in [0, 0.1) is 12.3 Å². The summed E-state index contributed by atoms with van der Waals surface area (Å²) in [5, 5.41) is 3.51. The van der Waals surface area contributed by atoms with E-state index in [4.69, 9.17) is 29.6 Å². The highest BCUT2D eigenvalue weighted by Crippen LogP contribution is 2.19. The van der Waals surface area contributed by atoms with Crippen molar-refractivity contribution in [1.29, 1.82) is 0 Å². The van der Waals surface area contributed by atoms with Crippen LogP contribution in [0.1, 0.15) is 24.2 Å². The topological polar surface area (TPSA) is 64.1 Å². The fourth-order valence-corrected chi connectivity index (χ4v) is 1.60. The second-order valence-electron chi connectivity index (χ2n) is 3.88. The smallest absolute Gasteiger partial charge is 0.252 e. The lowest BCUT2D eigenvalue weighted by Gasteiger charge is -2.19. The van der Waals surface area contributed by atoms with Crippen LogP contribution in [0.3, 0.4) is 0 Å². The predicted octanol–water partition coefficient (Wildman–Crippen LogP) is 3.36. The molecule has 0 aliphatic rings. The van der Waals surface area contributed by atoms with Crippen LogP contribution in [0.2, 0.25) is 10.0 Å². The number of carbonyl (C=O) groups excluding carboxylic acids is 1. The van der Waals surface area contributed by atoms with Crippen LogP contribution >= 0.6 is 33.1 Å². The predicted molar refractivity (Wildman–Crippen MR) is 83.0 cm³/mol. The minimum Gasteiger partial charge on any atom is -0.344 e. The number of halogens is 2. The van der Waals surface area contributed by atoms with Gasteiger partial charge in [0.2, 0.25) is 0 Å². The molecule has 4 N–H and O–H groups in total. The lowest BCUT2D eigenvalue weighted by molar-refractivity contribution is 0.0930. The fraction of sp³-hybridized carbons (Fsp3) is 0.250. The van der Waals surface area contributed by atoms with Gasteiger partial charge in [-0.05, 0) is 32.0 Å². The first-order valence-corrected chi connectivity index (χ1v) is 5.36. The molecule has 0 fully saturated rings. The monoisotopic (exact) mass is 306 g/mol. The van der Waals surface area contributed by atoms with Gasteiger partial charge in [-0.2, -0.15) is 9.90 Å². The van der Waals surface area contributed by atoms with E-state index in [1.165, 1.54) is 12.1 Å². The number of benzene rings is 1. The van der Waals surface area contributed by atoms with Crippen LogP contribution < -0.4 is 11.5 Å². The zero-order valence-corrected chi connectivity index (χ0v) is 13.3. The molecule has 0 saturated carbocycles. The van der Waals surface area contributed by atoms with E-state index in [0.717, 1.165) is 0 Å². The SMILES string of the molecule is C#CC(C)(C)NC(=O)c1cc(Cl)cc(Cl)c1.N.P. The summed E-state index contributed by atoms with van der Waals surface area (Å²) >= 11 is 11.6. The van der Waals surface area contributed by atoms with Crippen LogP contribution in [0.5, 0.6) is 0 Å². The zero-order chi connectivity index (χ0) is 12.3. The third-order valence-electron chi connectivity index (χ3n) is 1.91. The first kappa shape index (κ1) is 19.6. The van der Waals surface area contributed by atoms with Gasteiger partial charge in [-0.15, -0.1) is 6.42 Å². The number of rotatable bonds is 2. The first-order chi connectivity index (χ1) is 7.34. The maximum Gasteiger partial charge on any atom is 0.252 e. The summed E-state index contributed by atoms with van der Waals surface area (Å²) in [6.45, 7) is 3.47. The number of terminal acetylenes is 1. The van der Waals surface area contributed by atoms with Gasteiger partial charge in [0.1, 0.15) is 0 Å². The molecule has 0 aliphatic carbocycles. The second-order valence-corrected chi connectivity index (χ2v) is 4.75. The molecule has 0 aromatic heterocycles. The number of hydrogen-bond donors (Lipinski definition) is 2. The molecule has 0 heterocycles. The molecule has 1 aromatic carbocycles. The van der Waals surface area contributed by atoms with E-state index in [0.29, 0.717) is 15.6 Å². The Balaban J connectivity index is 0. The number of nitrogens with one attached hydrogen (secondary N) is 1. The summed E-state index contributed by atoms with van der Waals surface area (Å²) in [6, 6.07) is 4.64. The Morgan fingerprint density at radius 2 is 1.72 bits per heavy atom. The van der Waals surface area contributed by atoms with Gasteiger partial charge >= 0.3 is 0 Å². The Morgan fingerprint density at radius 3 is 2.11 bits per heavy atom. The third kappa shape index (κ3) is 5.71. The van der Waals surface area contributed by atoms with Gasteiger partial charge in [0.05, 0.1) is 5.54 Å². The van der Waals surface area contributed by atoms with Crippen molar-refractivity contribution in [2.75, 3.05) is 0 Å². The second kappa shape index (κ2) is 7.61. The zero-order valence-electron chi connectivity index (χ0n) is 10.4. The number of amides is 1. The normalized spacial score (nSPS) is 9.50. The van der Waals surface area contributed by atoms with Crippen molar-refractivity contribution >= 4 is 39.0 Å². The average molecular weight is 307 g/mol. The Kier molecular flexibility index (Phi) is 8.27. The molecule has 1 rings (SSSR count). The fourth-order valence-electron chi connectivity index (χ4n) is 1.08. The van der Waals surface area contributed by atoms with Gasteiger partial charge in [0, 0.05) is 15.6 Å². The quantitative estimate of drug-likeness (QED) is 0.650. The van der Waals surface area contributed by atoms with Gasteiger partial charge in [-0.3, -0.25) is 4.79 Å². The van der Waals surface area contributed by atoms with Crippen LogP contribution in [0.25, 0.3) is 0 Å². The van der Waals surface area contributed by atoms with Crippen molar-refractivity contribution in [2.45, 2.75) is 19.4 Å². The van der Waals surface area contributed by atoms with Crippen molar-refractivity contribution in [3.63, 3.8) is 0 Å². The van der Waals surface area contributed by atoms with E-state index in [2.05, 4.69) is 11.2 Å². The van der Waals surface area contributed by atoms with Gasteiger partial charge in [-0.25, -0.2) is 0 Å². The first-order valence-electron chi connectivity index (χ1n) is 4.60. The lowest BCUT2D eigenvalue weighted by atomic mass is 10.1. The molecule has 1 aromatic rings.